The van der Waals surface area contributed by atoms with Crippen molar-refractivity contribution in [2.24, 2.45) is 0 Å². The second-order valence-electron chi connectivity index (χ2n) is 2.49. The second kappa shape index (κ2) is 5.78. The van der Waals surface area contributed by atoms with Gasteiger partial charge in [0.15, 0.2) is 0 Å². The molecule has 1 aromatic heterocycles. The number of nitrogens with one attached hydrogen (secondary N) is 1. The summed E-state index contributed by atoms with van der Waals surface area (Å²) in [7, 11) is 0. The van der Waals surface area contributed by atoms with Crippen molar-refractivity contribution in [2.75, 3.05) is 19.7 Å². The van der Waals surface area contributed by atoms with Crippen LogP contribution in [0.5, 0.6) is 5.88 Å². The lowest BCUT2D eigenvalue weighted by Gasteiger charge is -2.05. The highest BCUT2D eigenvalue weighted by Gasteiger charge is 1.99. The van der Waals surface area contributed by atoms with Gasteiger partial charge in [0.25, 0.3) is 0 Å². The van der Waals surface area contributed by atoms with Crippen LogP contribution in [0.15, 0.2) is 18.3 Å². The van der Waals surface area contributed by atoms with E-state index in [1.54, 1.807) is 18.3 Å². The Labute approximate surface area is 83.1 Å². The van der Waals surface area contributed by atoms with Gasteiger partial charge in [-0.15, -0.1) is 0 Å². The quantitative estimate of drug-likeness (QED) is 0.736. The van der Waals surface area contributed by atoms with Gasteiger partial charge in [-0.2, -0.15) is 0 Å². The number of hydrogen-bond acceptors (Lipinski definition) is 3. The molecule has 0 aliphatic rings. The number of likely N-dealkylation sites (N-methyl/N-ethyl adjacent to an activating group) is 1. The summed E-state index contributed by atoms with van der Waals surface area (Å²) in [5.74, 6) is 0.502. The zero-order chi connectivity index (χ0) is 9.52. The van der Waals surface area contributed by atoms with Gasteiger partial charge in [-0.25, -0.2) is 4.98 Å². The Morgan fingerprint density at radius 1 is 1.62 bits per heavy atom. The lowest BCUT2D eigenvalue weighted by atomic mass is 10.5. The van der Waals surface area contributed by atoms with E-state index >= 15 is 0 Å². The molecule has 0 radical (unpaired) electrons. The maximum Gasteiger partial charge on any atom is 0.232 e. The van der Waals surface area contributed by atoms with Crippen LogP contribution in [0.25, 0.3) is 0 Å². The first-order valence-electron chi connectivity index (χ1n) is 4.28. The van der Waals surface area contributed by atoms with Crippen molar-refractivity contribution in [2.45, 2.75) is 6.92 Å². The van der Waals surface area contributed by atoms with E-state index in [0.29, 0.717) is 17.5 Å². The molecule has 0 atom stereocenters. The minimum atomic E-state index is 0.502. The summed E-state index contributed by atoms with van der Waals surface area (Å²) in [6.45, 7) is 4.39. The van der Waals surface area contributed by atoms with Gasteiger partial charge in [0.05, 0.1) is 0 Å². The minimum absolute atomic E-state index is 0.502. The summed E-state index contributed by atoms with van der Waals surface area (Å²) in [4.78, 5) is 3.99. The number of aromatic nitrogens is 1. The maximum atomic E-state index is 5.83. The molecule has 1 rings (SSSR count). The summed E-state index contributed by atoms with van der Waals surface area (Å²) in [6.07, 6.45) is 1.66. The lowest BCUT2D eigenvalue weighted by Crippen LogP contribution is -2.20. The molecule has 3 nitrogen and oxygen atoms in total. The molecule has 0 spiro atoms. The van der Waals surface area contributed by atoms with Crippen LogP contribution in [0.3, 0.4) is 0 Å². The normalized spacial score (nSPS) is 10.0. The Bertz CT molecular complexity index is 255. The molecule has 0 unspecified atom stereocenters. The molecule has 1 aromatic rings. The molecule has 4 heteroatoms. The molecule has 0 saturated carbocycles. The fourth-order valence-corrected chi connectivity index (χ4v) is 1.05. The largest absolute Gasteiger partial charge is 0.475 e. The lowest BCUT2D eigenvalue weighted by molar-refractivity contribution is 0.304. The van der Waals surface area contributed by atoms with E-state index in [-0.39, 0.29) is 0 Å². The maximum absolute atomic E-state index is 5.83. The van der Waals surface area contributed by atoms with Crippen molar-refractivity contribution in [1.29, 1.82) is 0 Å². The monoisotopic (exact) mass is 200 g/mol. The zero-order valence-corrected chi connectivity index (χ0v) is 8.34. The van der Waals surface area contributed by atoms with E-state index in [1.807, 2.05) is 6.92 Å². The first-order valence-corrected chi connectivity index (χ1v) is 4.66. The third-order valence-corrected chi connectivity index (χ3v) is 1.78. The molecule has 0 saturated heterocycles. The standard InChI is InChI=1S/C9H13ClN2O/c1-2-11-6-7-13-9-8(10)4-3-5-12-9/h3-5,11H,2,6-7H2,1H3. The topological polar surface area (TPSA) is 34.1 Å². The SMILES string of the molecule is CCNCCOc1ncccc1Cl. The predicted molar refractivity (Wildman–Crippen MR) is 53.3 cm³/mol. The molecule has 0 aliphatic carbocycles. The average molecular weight is 201 g/mol. The van der Waals surface area contributed by atoms with Gasteiger partial charge in [-0.1, -0.05) is 18.5 Å². The van der Waals surface area contributed by atoms with E-state index in [2.05, 4.69) is 10.3 Å². The highest BCUT2D eigenvalue weighted by molar-refractivity contribution is 6.31. The van der Waals surface area contributed by atoms with Gasteiger partial charge in [0.1, 0.15) is 11.6 Å². The molecule has 0 bridgehead atoms. The van der Waals surface area contributed by atoms with Gasteiger partial charge in [-0.3, -0.25) is 0 Å². The number of ether oxygens (including phenoxy) is 1. The molecular formula is C9H13ClN2O. The molecule has 0 amide bonds. The minimum Gasteiger partial charge on any atom is -0.475 e. The summed E-state index contributed by atoms with van der Waals surface area (Å²) < 4.78 is 5.33. The second-order valence-corrected chi connectivity index (χ2v) is 2.90. The first kappa shape index (κ1) is 10.3. The van der Waals surface area contributed by atoms with Crippen molar-refractivity contribution in [1.82, 2.24) is 10.3 Å². The van der Waals surface area contributed by atoms with Crippen LogP contribution in [-0.2, 0) is 0 Å². The van der Waals surface area contributed by atoms with Crippen molar-refractivity contribution >= 4 is 11.6 Å². The molecule has 1 heterocycles. The Morgan fingerprint density at radius 2 is 2.46 bits per heavy atom. The molecule has 0 fully saturated rings. The van der Waals surface area contributed by atoms with Crippen LogP contribution < -0.4 is 10.1 Å². The van der Waals surface area contributed by atoms with E-state index in [9.17, 15) is 0 Å². The van der Waals surface area contributed by atoms with Crippen LogP contribution in [-0.4, -0.2) is 24.7 Å². The van der Waals surface area contributed by atoms with Crippen molar-refractivity contribution in [3.63, 3.8) is 0 Å². The predicted octanol–water partition coefficient (Wildman–Crippen LogP) is 1.72. The van der Waals surface area contributed by atoms with Crippen LogP contribution in [0.1, 0.15) is 6.92 Å². The third-order valence-electron chi connectivity index (χ3n) is 1.49. The molecule has 13 heavy (non-hydrogen) atoms. The highest BCUT2D eigenvalue weighted by atomic mass is 35.5. The zero-order valence-electron chi connectivity index (χ0n) is 7.59. The number of rotatable bonds is 5. The highest BCUT2D eigenvalue weighted by Crippen LogP contribution is 2.19. The van der Waals surface area contributed by atoms with Crippen LogP contribution in [0.4, 0.5) is 0 Å². The number of nitrogens with zero attached hydrogens (tertiary/aromatic N) is 1. The summed E-state index contributed by atoms with van der Waals surface area (Å²) in [5.41, 5.74) is 0. The fourth-order valence-electron chi connectivity index (χ4n) is 0.874. The molecular weight excluding hydrogens is 188 g/mol. The van der Waals surface area contributed by atoms with Crippen LogP contribution in [0, 0.1) is 0 Å². The van der Waals surface area contributed by atoms with Gasteiger partial charge in [0.2, 0.25) is 5.88 Å². The number of hydrogen-bond donors (Lipinski definition) is 1. The molecule has 0 aromatic carbocycles. The van der Waals surface area contributed by atoms with Gasteiger partial charge in [-0.05, 0) is 18.7 Å². The number of halogens is 1. The Morgan fingerprint density at radius 3 is 3.15 bits per heavy atom. The van der Waals surface area contributed by atoms with E-state index in [1.165, 1.54) is 0 Å². The van der Waals surface area contributed by atoms with E-state index in [0.717, 1.165) is 13.1 Å². The third kappa shape index (κ3) is 3.61. The molecule has 72 valence electrons. The molecule has 0 aliphatic heterocycles. The molecule has 1 N–H and O–H groups in total. The van der Waals surface area contributed by atoms with Crippen LogP contribution in [0.2, 0.25) is 5.02 Å². The Hall–Kier alpha value is -0.800. The van der Waals surface area contributed by atoms with Gasteiger partial charge >= 0.3 is 0 Å². The first-order chi connectivity index (χ1) is 6.34. The average Bonchev–Trinajstić information content (AvgIpc) is 2.15. The summed E-state index contributed by atoms with van der Waals surface area (Å²) >= 11 is 5.83. The van der Waals surface area contributed by atoms with Crippen molar-refractivity contribution in [3.8, 4) is 5.88 Å². The van der Waals surface area contributed by atoms with E-state index in [4.69, 9.17) is 16.3 Å². The summed E-state index contributed by atoms with van der Waals surface area (Å²) in [5, 5.41) is 3.70. The Kier molecular flexibility index (Phi) is 4.57. The van der Waals surface area contributed by atoms with E-state index < -0.39 is 0 Å². The van der Waals surface area contributed by atoms with Crippen molar-refractivity contribution < 1.29 is 4.74 Å². The van der Waals surface area contributed by atoms with Crippen LogP contribution >= 0.6 is 11.6 Å². The van der Waals surface area contributed by atoms with Gasteiger partial charge in [0, 0.05) is 12.7 Å². The Balaban J connectivity index is 2.32. The van der Waals surface area contributed by atoms with Gasteiger partial charge < -0.3 is 10.1 Å². The van der Waals surface area contributed by atoms with Crippen molar-refractivity contribution in [3.05, 3.63) is 23.4 Å². The number of pyridine rings is 1. The summed E-state index contributed by atoms with van der Waals surface area (Å²) in [6, 6.07) is 3.54. The smallest absolute Gasteiger partial charge is 0.232 e. The fraction of sp³-hybridized carbons (Fsp3) is 0.444.